The van der Waals surface area contributed by atoms with Crippen molar-refractivity contribution in [3.63, 3.8) is 0 Å². The first-order valence-electron chi connectivity index (χ1n) is 4.04. The number of furan rings is 1. The molecular formula is C9H13NO2. The van der Waals surface area contributed by atoms with Crippen LogP contribution in [0.2, 0.25) is 0 Å². The quantitative estimate of drug-likeness (QED) is 0.743. The Hall–Kier alpha value is -1.25. The van der Waals surface area contributed by atoms with Crippen molar-refractivity contribution in [2.75, 3.05) is 0 Å². The Labute approximate surface area is 71.8 Å². The molecule has 0 saturated carbocycles. The third kappa shape index (κ3) is 2.42. The van der Waals surface area contributed by atoms with Crippen molar-refractivity contribution in [2.24, 2.45) is 0 Å². The fourth-order valence-electron chi connectivity index (χ4n) is 0.891. The first-order chi connectivity index (χ1) is 5.72. The first-order valence-corrected chi connectivity index (χ1v) is 4.04. The second kappa shape index (κ2) is 3.95. The van der Waals surface area contributed by atoms with Gasteiger partial charge in [0, 0.05) is 6.42 Å². The zero-order chi connectivity index (χ0) is 8.97. The van der Waals surface area contributed by atoms with Crippen LogP contribution in [0.25, 0.3) is 0 Å². The van der Waals surface area contributed by atoms with E-state index in [2.05, 4.69) is 5.32 Å². The van der Waals surface area contributed by atoms with Gasteiger partial charge in [0.05, 0.1) is 6.54 Å². The normalized spacial score (nSPS) is 9.83. The minimum atomic E-state index is 0.0454. The maximum atomic E-state index is 10.8. The number of carbonyl (C=O) groups is 1. The van der Waals surface area contributed by atoms with E-state index in [1.165, 1.54) is 0 Å². The Morgan fingerprint density at radius 3 is 2.83 bits per heavy atom. The van der Waals surface area contributed by atoms with Crippen LogP contribution in [0.4, 0.5) is 0 Å². The summed E-state index contributed by atoms with van der Waals surface area (Å²) in [6, 6.07) is 3.75. The van der Waals surface area contributed by atoms with E-state index in [4.69, 9.17) is 4.42 Å². The number of nitrogens with one attached hydrogen (secondary N) is 1. The molecule has 1 aromatic rings. The van der Waals surface area contributed by atoms with E-state index in [1.54, 1.807) is 0 Å². The molecule has 12 heavy (non-hydrogen) atoms. The van der Waals surface area contributed by atoms with Crippen molar-refractivity contribution in [1.82, 2.24) is 5.32 Å². The molecule has 0 aliphatic rings. The van der Waals surface area contributed by atoms with E-state index in [9.17, 15) is 4.79 Å². The molecule has 0 aliphatic heterocycles. The fraction of sp³-hybridized carbons (Fsp3) is 0.444. The van der Waals surface area contributed by atoms with Crippen LogP contribution in [0.15, 0.2) is 16.5 Å². The summed E-state index contributed by atoms with van der Waals surface area (Å²) in [6.45, 7) is 4.19. The summed E-state index contributed by atoms with van der Waals surface area (Å²) in [5.41, 5.74) is 0. The van der Waals surface area contributed by atoms with Crippen LogP contribution in [-0.4, -0.2) is 5.91 Å². The standard InChI is InChI=1S/C9H13NO2/c1-3-9(11)10-6-8-5-4-7(2)12-8/h4-5H,3,6H2,1-2H3,(H,10,11). The van der Waals surface area contributed by atoms with E-state index >= 15 is 0 Å². The number of hydrogen-bond acceptors (Lipinski definition) is 2. The Morgan fingerprint density at radius 2 is 2.33 bits per heavy atom. The van der Waals surface area contributed by atoms with Crippen molar-refractivity contribution < 1.29 is 9.21 Å². The number of rotatable bonds is 3. The second-order valence-electron chi connectivity index (χ2n) is 2.64. The highest BCUT2D eigenvalue weighted by atomic mass is 16.3. The molecule has 0 aliphatic carbocycles. The Bertz CT molecular complexity index is 265. The SMILES string of the molecule is CCC(=O)NCc1ccc(C)o1. The van der Waals surface area contributed by atoms with Crippen LogP contribution in [0.1, 0.15) is 24.9 Å². The molecule has 3 heteroatoms. The zero-order valence-electron chi connectivity index (χ0n) is 7.39. The minimum absolute atomic E-state index is 0.0454. The Kier molecular flexibility index (Phi) is 2.91. The average Bonchev–Trinajstić information content (AvgIpc) is 2.47. The van der Waals surface area contributed by atoms with Crippen molar-refractivity contribution >= 4 is 5.91 Å². The summed E-state index contributed by atoms with van der Waals surface area (Å²) in [4.78, 5) is 10.8. The maximum absolute atomic E-state index is 10.8. The largest absolute Gasteiger partial charge is 0.465 e. The van der Waals surface area contributed by atoms with Crippen LogP contribution < -0.4 is 5.32 Å². The van der Waals surface area contributed by atoms with Gasteiger partial charge in [-0.25, -0.2) is 0 Å². The fourth-order valence-corrected chi connectivity index (χ4v) is 0.891. The predicted octanol–water partition coefficient (Wildman–Crippen LogP) is 1.61. The van der Waals surface area contributed by atoms with E-state index < -0.39 is 0 Å². The van der Waals surface area contributed by atoms with Crippen molar-refractivity contribution in [3.8, 4) is 0 Å². The molecule has 0 radical (unpaired) electrons. The third-order valence-electron chi connectivity index (χ3n) is 1.58. The molecule has 1 heterocycles. The highest BCUT2D eigenvalue weighted by Gasteiger charge is 2.00. The van der Waals surface area contributed by atoms with E-state index in [1.807, 2.05) is 26.0 Å². The highest BCUT2D eigenvalue weighted by Crippen LogP contribution is 2.05. The van der Waals surface area contributed by atoms with E-state index in [0.29, 0.717) is 13.0 Å². The van der Waals surface area contributed by atoms with Gasteiger partial charge in [0.25, 0.3) is 0 Å². The molecule has 1 aromatic heterocycles. The predicted molar refractivity (Wildman–Crippen MR) is 45.6 cm³/mol. The maximum Gasteiger partial charge on any atom is 0.220 e. The molecule has 1 rings (SSSR count). The van der Waals surface area contributed by atoms with Crippen molar-refractivity contribution in [2.45, 2.75) is 26.8 Å². The van der Waals surface area contributed by atoms with Crippen LogP contribution in [0.3, 0.4) is 0 Å². The van der Waals surface area contributed by atoms with Gasteiger partial charge >= 0.3 is 0 Å². The monoisotopic (exact) mass is 167 g/mol. The van der Waals surface area contributed by atoms with Gasteiger partial charge in [0.2, 0.25) is 5.91 Å². The molecule has 0 saturated heterocycles. The molecule has 0 bridgehead atoms. The van der Waals surface area contributed by atoms with E-state index in [-0.39, 0.29) is 5.91 Å². The second-order valence-corrected chi connectivity index (χ2v) is 2.64. The van der Waals surface area contributed by atoms with Crippen molar-refractivity contribution in [3.05, 3.63) is 23.7 Å². The van der Waals surface area contributed by atoms with Crippen LogP contribution in [-0.2, 0) is 11.3 Å². The summed E-state index contributed by atoms with van der Waals surface area (Å²) in [5, 5.41) is 2.73. The van der Waals surface area contributed by atoms with Gasteiger partial charge in [-0.1, -0.05) is 6.92 Å². The Balaban J connectivity index is 2.38. The number of aryl methyl sites for hydroxylation is 1. The molecule has 1 N–H and O–H groups in total. The van der Waals surface area contributed by atoms with Gasteiger partial charge < -0.3 is 9.73 Å². The lowest BCUT2D eigenvalue weighted by molar-refractivity contribution is -0.121. The van der Waals surface area contributed by atoms with Crippen LogP contribution in [0.5, 0.6) is 0 Å². The topological polar surface area (TPSA) is 42.2 Å². The average molecular weight is 167 g/mol. The molecular weight excluding hydrogens is 154 g/mol. The molecule has 66 valence electrons. The summed E-state index contributed by atoms with van der Waals surface area (Å²) < 4.78 is 5.26. The molecule has 0 unspecified atom stereocenters. The number of carbonyl (C=O) groups excluding carboxylic acids is 1. The van der Waals surface area contributed by atoms with Crippen LogP contribution in [0, 0.1) is 6.92 Å². The van der Waals surface area contributed by atoms with Gasteiger partial charge in [-0.15, -0.1) is 0 Å². The Morgan fingerprint density at radius 1 is 1.58 bits per heavy atom. The summed E-state index contributed by atoms with van der Waals surface area (Å²) in [5.74, 6) is 1.72. The van der Waals surface area contributed by atoms with E-state index in [0.717, 1.165) is 11.5 Å². The van der Waals surface area contributed by atoms with Gasteiger partial charge in [0.15, 0.2) is 0 Å². The molecule has 0 aromatic carbocycles. The number of amides is 1. The van der Waals surface area contributed by atoms with Gasteiger partial charge in [-0.05, 0) is 19.1 Å². The van der Waals surface area contributed by atoms with Gasteiger partial charge in [-0.2, -0.15) is 0 Å². The molecule has 0 spiro atoms. The minimum Gasteiger partial charge on any atom is -0.465 e. The highest BCUT2D eigenvalue weighted by molar-refractivity contribution is 5.75. The lowest BCUT2D eigenvalue weighted by atomic mass is 10.4. The first kappa shape index (κ1) is 8.84. The lowest BCUT2D eigenvalue weighted by Gasteiger charge is -1.98. The molecule has 3 nitrogen and oxygen atoms in total. The zero-order valence-corrected chi connectivity index (χ0v) is 7.39. The summed E-state index contributed by atoms with van der Waals surface area (Å²) in [7, 11) is 0. The van der Waals surface area contributed by atoms with Gasteiger partial charge in [-0.3, -0.25) is 4.79 Å². The third-order valence-corrected chi connectivity index (χ3v) is 1.58. The molecule has 0 fully saturated rings. The summed E-state index contributed by atoms with van der Waals surface area (Å²) in [6.07, 6.45) is 0.514. The number of hydrogen-bond donors (Lipinski definition) is 1. The smallest absolute Gasteiger partial charge is 0.220 e. The van der Waals surface area contributed by atoms with Crippen molar-refractivity contribution in [1.29, 1.82) is 0 Å². The van der Waals surface area contributed by atoms with Gasteiger partial charge in [0.1, 0.15) is 11.5 Å². The summed E-state index contributed by atoms with van der Waals surface area (Å²) >= 11 is 0. The molecule has 1 amide bonds. The lowest BCUT2D eigenvalue weighted by Crippen LogP contribution is -2.20. The van der Waals surface area contributed by atoms with Crippen LogP contribution >= 0.6 is 0 Å². The molecule has 0 atom stereocenters.